The van der Waals surface area contributed by atoms with Gasteiger partial charge in [0.15, 0.2) is 0 Å². The Bertz CT molecular complexity index is 820. The van der Waals surface area contributed by atoms with E-state index in [0.29, 0.717) is 18.7 Å². The Kier molecular flexibility index (Phi) is 6.37. The number of rotatable bonds is 8. The molecule has 0 saturated carbocycles. The first-order chi connectivity index (χ1) is 11.9. The third-order valence-electron chi connectivity index (χ3n) is 3.51. The third kappa shape index (κ3) is 6.09. The van der Waals surface area contributed by atoms with Gasteiger partial charge in [-0.15, -0.1) is 0 Å². The number of carbonyl (C=O) groups is 1. The molecule has 0 atom stereocenters. The first-order valence-electron chi connectivity index (χ1n) is 7.65. The molecule has 0 bridgehead atoms. The van der Waals surface area contributed by atoms with Gasteiger partial charge in [-0.25, -0.2) is 13.6 Å². The van der Waals surface area contributed by atoms with Crippen LogP contribution in [-0.2, 0) is 21.2 Å². The summed E-state index contributed by atoms with van der Waals surface area (Å²) < 4.78 is 27.5. The van der Waals surface area contributed by atoms with Crippen LogP contribution in [-0.4, -0.2) is 34.5 Å². The second-order valence-corrected chi connectivity index (χ2v) is 6.94. The number of methoxy groups -OCH3 is 1. The number of nitrogens with two attached hydrogens (primary N) is 1. The topological polar surface area (TPSA) is 111 Å². The Morgan fingerprint density at radius 1 is 1.16 bits per heavy atom. The number of hydrogen-bond donors (Lipinski definition) is 3. The number of hydrogen-bond acceptors (Lipinski definition) is 5. The van der Waals surface area contributed by atoms with Crippen molar-refractivity contribution in [2.75, 3.05) is 25.5 Å². The number of sulfonamides is 1. The molecule has 0 saturated heterocycles. The molecular formula is C17H21N3O4S. The van der Waals surface area contributed by atoms with Gasteiger partial charge in [0.05, 0.1) is 18.6 Å². The normalized spacial score (nSPS) is 11.0. The molecule has 4 N–H and O–H groups in total. The summed E-state index contributed by atoms with van der Waals surface area (Å²) in [5.41, 5.74) is 1.71. The predicted octanol–water partition coefficient (Wildman–Crippen LogP) is 1.11. The van der Waals surface area contributed by atoms with E-state index < -0.39 is 10.0 Å². The van der Waals surface area contributed by atoms with E-state index in [4.69, 9.17) is 9.88 Å². The first kappa shape index (κ1) is 18.8. The highest BCUT2D eigenvalue weighted by molar-refractivity contribution is 7.89. The highest BCUT2D eigenvalue weighted by Gasteiger charge is 2.07. The van der Waals surface area contributed by atoms with Gasteiger partial charge in [0.25, 0.3) is 0 Å². The van der Waals surface area contributed by atoms with Crippen LogP contribution in [0.5, 0.6) is 5.75 Å². The average Bonchev–Trinajstić information content (AvgIpc) is 2.60. The van der Waals surface area contributed by atoms with Crippen LogP contribution in [0.1, 0.15) is 5.56 Å². The summed E-state index contributed by atoms with van der Waals surface area (Å²) in [4.78, 5) is 11.9. The molecule has 8 heteroatoms. The van der Waals surface area contributed by atoms with Crippen LogP contribution in [0.15, 0.2) is 53.4 Å². The van der Waals surface area contributed by atoms with Crippen LogP contribution in [0.4, 0.5) is 5.69 Å². The van der Waals surface area contributed by atoms with Crippen molar-refractivity contribution in [1.82, 2.24) is 5.32 Å². The molecule has 0 aliphatic rings. The first-order valence-corrected chi connectivity index (χ1v) is 9.19. The second kappa shape index (κ2) is 8.50. The molecule has 0 spiro atoms. The molecule has 25 heavy (non-hydrogen) atoms. The van der Waals surface area contributed by atoms with E-state index in [1.807, 2.05) is 18.2 Å². The number of nitrogens with one attached hydrogen (secondary N) is 2. The van der Waals surface area contributed by atoms with E-state index in [1.165, 1.54) is 12.1 Å². The SMILES string of the molecule is COc1cccc(NCC(=O)NCCc2ccc(S(N)(=O)=O)cc2)c1. The average molecular weight is 363 g/mol. The lowest BCUT2D eigenvalue weighted by Crippen LogP contribution is -2.31. The molecular weight excluding hydrogens is 342 g/mol. The number of ether oxygens (including phenoxy) is 1. The van der Waals surface area contributed by atoms with Crippen molar-refractivity contribution in [3.8, 4) is 5.75 Å². The van der Waals surface area contributed by atoms with Crippen molar-refractivity contribution in [1.29, 1.82) is 0 Å². The lowest BCUT2D eigenvalue weighted by Gasteiger charge is -2.09. The molecule has 0 fully saturated rings. The van der Waals surface area contributed by atoms with Gasteiger partial charge in [-0.3, -0.25) is 4.79 Å². The van der Waals surface area contributed by atoms with Gasteiger partial charge in [0, 0.05) is 18.3 Å². The molecule has 0 aliphatic carbocycles. The zero-order valence-corrected chi connectivity index (χ0v) is 14.7. The Morgan fingerprint density at radius 2 is 1.88 bits per heavy atom. The minimum absolute atomic E-state index is 0.0720. The van der Waals surface area contributed by atoms with Crippen molar-refractivity contribution in [2.45, 2.75) is 11.3 Å². The summed E-state index contributed by atoms with van der Waals surface area (Å²) in [6.07, 6.45) is 0.593. The summed E-state index contributed by atoms with van der Waals surface area (Å²) >= 11 is 0. The van der Waals surface area contributed by atoms with Gasteiger partial charge in [-0.1, -0.05) is 18.2 Å². The van der Waals surface area contributed by atoms with Gasteiger partial charge in [-0.2, -0.15) is 0 Å². The largest absolute Gasteiger partial charge is 0.497 e. The van der Waals surface area contributed by atoms with Crippen LogP contribution in [0.25, 0.3) is 0 Å². The molecule has 7 nitrogen and oxygen atoms in total. The van der Waals surface area contributed by atoms with E-state index in [0.717, 1.165) is 11.3 Å². The Hall–Kier alpha value is -2.58. The fraction of sp³-hybridized carbons (Fsp3) is 0.235. The Labute approximate surface area is 147 Å². The summed E-state index contributed by atoms with van der Waals surface area (Å²) in [7, 11) is -2.09. The lowest BCUT2D eigenvalue weighted by atomic mass is 10.1. The number of amides is 1. The van der Waals surface area contributed by atoms with Crippen LogP contribution in [0, 0.1) is 0 Å². The maximum Gasteiger partial charge on any atom is 0.239 e. The van der Waals surface area contributed by atoms with Gasteiger partial charge < -0.3 is 15.4 Å². The highest BCUT2D eigenvalue weighted by atomic mass is 32.2. The molecule has 1 amide bonds. The fourth-order valence-electron chi connectivity index (χ4n) is 2.17. The number of primary sulfonamides is 1. The molecule has 0 aromatic heterocycles. The standard InChI is InChI=1S/C17H21N3O4S/c1-24-15-4-2-3-14(11-15)20-12-17(21)19-10-9-13-5-7-16(8-6-13)25(18,22)23/h2-8,11,20H,9-10,12H2,1H3,(H,19,21)(H2,18,22,23). The van der Waals surface area contributed by atoms with E-state index in [1.54, 1.807) is 25.3 Å². The highest BCUT2D eigenvalue weighted by Crippen LogP contribution is 2.16. The number of carbonyl (C=O) groups excluding carboxylic acids is 1. The molecule has 2 aromatic rings. The molecule has 2 rings (SSSR count). The minimum atomic E-state index is -3.68. The van der Waals surface area contributed by atoms with Crippen LogP contribution < -0.4 is 20.5 Å². The van der Waals surface area contributed by atoms with Crippen molar-refractivity contribution in [3.05, 3.63) is 54.1 Å². The summed E-state index contributed by atoms with van der Waals surface area (Å²) in [6, 6.07) is 13.6. The smallest absolute Gasteiger partial charge is 0.239 e. The molecule has 0 aliphatic heterocycles. The van der Waals surface area contributed by atoms with E-state index in [2.05, 4.69) is 10.6 Å². The Balaban J connectivity index is 1.75. The zero-order valence-electron chi connectivity index (χ0n) is 13.9. The van der Waals surface area contributed by atoms with E-state index in [-0.39, 0.29) is 17.3 Å². The maximum absolute atomic E-state index is 11.8. The molecule has 0 heterocycles. The van der Waals surface area contributed by atoms with Crippen LogP contribution in [0.3, 0.4) is 0 Å². The second-order valence-electron chi connectivity index (χ2n) is 5.37. The molecule has 134 valence electrons. The monoisotopic (exact) mass is 363 g/mol. The Morgan fingerprint density at radius 3 is 2.52 bits per heavy atom. The quantitative estimate of drug-likeness (QED) is 0.651. The van der Waals surface area contributed by atoms with Gasteiger partial charge in [0.1, 0.15) is 5.75 Å². The molecule has 0 radical (unpaired) electrons. The van der Waals surface area contributed by atoms with Crippen LogP contribution >= 0.6 is 0 Å². The predicted molar refractivity (Wildman–Crippen MR) is 96.0 cm³/mol. The third-order valence-corrected chi connectivity index (χ3v) is 4.44. The number of benzene rings is 2. The van der Waals surface area contributed by atoms with Gasteiger partial charge in [-0.05, 0) is 36.2 Å². The number of anilines is 1. The van der Waals surface area contributed by atoms with Crippen molar-refractivity contribution in [2.24, 2.45) is 5.14 Å². The van der Waals surface area contributed by atoms with Crippen LogP contribution in [0.2, 0.25) is 0 Å². The summed E-state index contributed by atoms with van der Waals surface area (Å²) in [5, 5.41) is 10.9. The fourth-order valence-corrected chi connectivity index (χ4v) is 2.69. The molecule has 2 aromatic carbocycles. The van der Waals surface area contributed by atoms with Crippen molar-refractivity contribution in [3.63, 3.8) is 0 Å². The van der Waals surface area contributed by atoms with Gasteiger partial charge in [0.2, 0.25) is 15.9 Å². The molecule has 0 unspecified atom stereocenters. The van der Waals surface area contributed by atoms with E-state index in [9.17, 15) is 13.2 Å². The lowest BCUT2D eigenvalue weighted by molar-refractivity contribution is -0.119. The van der Waals surface area contributed by atoms with Gasteiger partial charge >= 0.3 is 0 Å². The maximum atomic E-state index is 11.8. The minimum Gasteiger partial charge on any atom is -0.497 e. The summed E-state index contributed by atoms with van der Waals surface area (Å²) in [6.45, 7) is 0.602. The van der Waals surface area contributed by atoms with E-state index >= 15 is 0 Å². The van der Waals surface area contributed by atoms with Crippen molar-refractivity contribution < 1.29 is 17.9 Å². The zero-order chi connectivity index (χ0) is 18.3. The summed E-state index contributed by atoms with van der Waals surface area (Å²) in [5.74, 6) is 0.581. The van der Waals surface area contributed by atoms with Crippen molar-refractivity contribution >= 4 is 21.6 Å².